The minimum Gasteiger partial charge on any atom is -0.489 e. The van der Waals surface area contributed by atoms with Crippen LogP contribution in [0.25, 0.3) is 11.4 Å². The molecule has 4 rings (SSSR count). The zero-order valence-electron chi connectivity index (χ0n) is 15.7. The number of hydrogen-bond donors (Lipinski definition) is 1. The first kappa shape index (κ1) is 20.3. The molecule has 1 aliphatic rings. The van der Waals surface area contributed by atoms with Crippen LogP contribution in [0, 0.1) is 5.92 Å². The number of rotatable bonds is 7. The van der Waals surface area contributed by atoms with Gasteiger partial charge in [-0.05, 0) is 56.5 Å². The van der Waals surface area contributed by atoms with Crippen molar-refractivity contribution in [1.29, 1.82) is 0 Å². The number of pyridine rings is 1. The van der Waals surface area contributed by atoms with Gasteiger partial charge >= 0.3 is 0 Å². The molecule has 28 heavy (non-hydrogen) atoms. The average Bonchev–Trinajstić information content (AvgIpc) is 3.22. The molecule has 0 unspecified atom stereocenters. The van der Waals surface area contributed by atoms with Gasteiger partial charge in [-0.2, -0.15) is 4.98 Å². The third kappa shape index (κ3) is 5.53. The van der Waals surface area contributed by atoms with Crippen LogP contribution in [0.4, 0.5) is 0 Å². The van der Waals surface area contributed by atoms with Crippen LogP contribution in [0.1, 0.15) is 30.7 Å². The molecule has 2 aromatic heterocycles. The van der Waals surface area contributed by atoms with E-state index in [1.54, 1.807) is 12.4 Å². The Morgan fingerprint density at radius 3 is 2.86 bits per heavy atom. The van der Waals surface area contributed by atoms with E-state index in [0.29, 0.717) is 18.3 Å². The van der Waals surface area contributed by atoms with Crippen molar-refractivity contribution < 1.29 is 9.26 Å². The molecular formula is C21H25ClN4O2. The van der Waals surface area contributed by atoms with Gasteiger partial charge in [0.25, 0.3) is 0 Å². The van der Waals surface area contributed by atoms with Crippen LogP contribution in [0.5, 0.6) is 5.75 Å². The first-order valence-electron chi connectivity index (χ1n) is 9.52. The molecule has 3 aromatic rings. The first-order chi connectivity index (χ1) is 13.4. The molecule has 1 fully saturated rings. The Labute approximate surface area is 171 Å². The van der Waals surface area contributed by atoms with E-state index >= 15 is 0 Å². The highest BCUT2D eigenvalue weighted by molar-refractivity contribution is 5.85. The van der Waals surface area contributed by atoms with Gasteiger partial charge in [-0.25, -0.2) is 0 Å². The summed E-state index contributed by atoms with van der Waals surface area (Å²) in [4.78, 5) is 8.67. The third-order valence-electron chi connectivity index (χ3n) is 4.91. The second-order valence-electron chi connectivity index (χ2n) is 6.92. The third-order valence-corrected chi connectivity index (χ3v) is 4.91. The Balaban J connectivity index is 0.00000225. The molecule has 0 saturated carbocycles. The van der Waals surface area contributed by atoms with Crippen LogP contribution in [0.3, 0.4) is 0 Å². The molecule has 1 aliphatic heterocycles. The maximum Gasteiger partial charge on any atom is 0.226 e. The molecule has 7 heteroatoms. The number of halogens is 1. The fourth-order valence-electron chi connectivity index (χ4n) is 3.35. The average molecular weight is 401 g/mol. The van der Waals surface area contributed by atoms with E-state index < -0.39 is 0 Å². The topological polar surface area (TPSA) is 73.1 Å². The Morgan fingerprint density at radius 1 is 1.14 bits per heavy atom. The van der Waals surface area contributed by atoms with Crippen molar-refractivity contribution in [2.24, 2.45) is 5.92 Å². The summed E-state index contributed by atoms with van der Waals surface area (Å²) >= 11 is 0. The van der Waals surface area contributed by atoms with Gasteiger partial charge in [-0.3, -0.25) is 4.98 Å². The Bertz CT molecular complexity index is 850. The number of nitrogens with one attached hydrogen (secondary N) is 1. The Morgan fingerprint density at radius 2 is 2.04 bits per heavy atom. The standard InChI is InChI=1S/C21H24N4O2.ClH/c1-4-18(13-19(5-1)26-15-17-3-2-10-23-14-17)21-24-20(27-25-21)7-6-16-8-11-22-12-9-16;/h1-5,10,13-14,16,22H,6-9,11-12,15H2;1H. The lowest BCUT2D eigenvalue weighted by Gasteiger charge is -2.21. The summed E-state index contributed by atoms with van der Waals surface area (Å²) in [5.74, 6) is 2.86. The summed E-state index contributed by atoms with van der Waals surface area (Å²) in [5, 5.41) is 7.54. The minimum atomic E-state index is 0. The van der Waals surface area contributed by atoms with E-state index in [-0.39, 0.29) is 12.4 Å². The highest BCUT2D eigenvalue weighted by Crippen LogP contribution is 2.23. The summed E-state index contributed by atoms with van der Waals surface area (Å²) in [6.45, 7) is 2.71. The van der Waals surface area contributed by atoms with Crippen molar-refractivity contribution in [2.75, 3.05) is 13.1 Å². The summed E-state index contributed by atoms with van der Waals surface area (Å²) < 4.78 is 11.3. The van der Waals surface area contributed by atoms with Crippen molar-refractivity contribution >= 4 is 12.4 Å². The Hall–Kier alpha value is -2.44. The SMILES string of the molecule is Cl.c1cncc(COc2cccc(-c3noc(CCC4CCNCC4)n3)c2)c1. The lowest BCUT2D eigenvalue weighted by molar-refractivity contribution is 0.306. The molecule has 1 saturated heterocycles. The highest BCUT2D eigenvalue weighted by atomic mass is 35.5. The molecule has 3 heterocycles. The predicted octanol–water partition coefficient (Wildman–Crippen LogP) is 4.06. The van der Waals surface area contributed by atoms with Gasteiger partial charge in [0.05, 0.1) is 0 Å². The maximum atomic E-state index is 5.86. The van der Waals surface area contributed by atoms with Crippen molar-refractivity contribution in [1.82, 2.24) is 20.4 Å². The van der Waals surface area contributed by atoms with Crippen LogP contribution in [0.15, 0.2) is 53.3 Å². The lowest BCUT2D eigenvalue weighted by atomic mass is 9.93. The zero-order valence-corrected chi connectivity index (χ0v) is 16.5. The summed E-state index contributed by atoms with van der Waals surface area (Å²) in [5.41, 5.74) is 1.93. The molecule has 0 radical (unpaired) electrons. The van der Waals surface area contributed by atoms with Crippen LogP contribution >= 0.6 is 12.4 Å². The largest absolute Gasteiger partial charge is 0.489 e. The number of ether oxygens (including phenoxy) is 1. The van der Waals surface area contributed by atoms with Crippen LogP contribution in [-0.2, 0) is 13.0 Å². The minimum absolute atomic E-state index is 0. The first-order valence-corrected chi connectivity index (χ1v) is 9.52. The van der Waals surface area contributed by atoms with E-state index in [1.165, 1.54) is 12.8 Å². The van der Waals surface area contributed by atoms with E-state index in [2.05, 4.69) is 20.4 Å². The molecular weight excluding hydrogens is 376 g/mol. The van der Waals surface area contributed by atoms with Gasteiger partial charge in [0.15, 0.2) is 0 Å². The highest BCUT2D eigenvalue weighted by Gasteiger charge is 2.15. The number of benzene rings is 1. The zero-order chi connectivity index (χ0) is 18.3. The lowest BCUT2D eigenvalue weighted by Crippen LogP contribution is -2.27. The molecule has 0 atom stereocenters. The van der Waals surface area contributed by atoms with Crippen molar-refractivity contribution in [2.45, 2.75) is 32.3 Å². The number of aryl methyl sites for hydroxylation is 1. The fourth-order valence-corrected chi connectivity index (χ4v) is 3.35. The quantitative estimate of drug-likeness (QED) is 0.644. The van der Waals surface area contributed by atoms with Gasteiger partial charge < -0.3 is 14.6 Å². The van der Waals surface area contributed by atoms with E-state index in [9.17, 15) is 0 Å². The van der Waals surface area contributed by atoms with Crippen molar-refractivity contribution in [3.8, 4) is 17.1 Å². The maximum absolute atomic E-state index is 5.86. The predicted molar refractivity (Wildman–Crippen MR) is 109 cm³/mol. The second kappa shape index (κ2) is 10.2. The van der Waals surface area contributed by atoms with Gasteiger partial charge in [0.2, 0.25) is 11.7 Å². The van der Waals surface area contributed by atoms with E-state index in [0.717, 1.165) is 48.7 Å². The molecule has 1 N–H and O–H groups in total. The van der Waals surface area contributed by atoms with Gasteiger partial charge in [-0.1, -0.05) is 23.4 Å². The van der Waals surface area contributed by atoms with Gasteiger partial charge in [0, 0.05) is 29.9 Å². The van der Waals surface area contributed by atoms with Crippen molar-refractivity contribution in [3.63, 3.8) is 0 Å². The summed E-state index contributed by atoms with van der Waals surface area (Å²) in [7, 11) is 0. The fraction of sp³-hybridized carbons (Fsp3) is 0.381. The summed E-state index contributed by atoms with van der Waals surface area (Å²) in [6, 6.07) is 11.7. The monoisotopic (exact) mass is 400 g/mol. The number of hydrogen-bond acceptors (Lipinski definition) is 6. The Kier molecular flexibility index (Phi) is 7.39. The normalized spacial score (nSPS) is 14.4. The molecule has 0 amide bonds. The molecule has 1 aromatic carbocycles. The van der Waals surface area contributed by atoms with Crippen molar-refractivity contribution in [3.05, 3.63) is 60.2 Å². The van der Waals surface area contributed by atoms with E-state index in [4.69, 9.17) is 9.26 Å². The second-order valence-corrected chi connectivity index (χ2v) is 6.92. The molecule has 0 spiro atoms. The number of aromatic nitrogens is 3. The molecule has 0 bridgehead atoms. The smallest absolute Gasteiger partial charge is 0.226 e. The van der Waals surface area contributed by atoms with Gasteiger partial charge in [-0.15, -0.1) is 12.4 Å². The number of nitrogens with zero attached hydrogens (tertiary/aromatic N) is 3. The van der Waals surface area contributed by atoms with Crippen LogP contribution in [0.2, 0.25) is 0 Å². The van der Waals surface area contributed by atoms with E-state index in [1.807, 2.05) is 36.4 Å². The van der Waals surface area contributed by atoms with Crippen LogP contribution < -0.4 is 10.1 Å². The van der Waals surface area contributed by atoms with Gasteiger partial charge in [0.1, 0.15) is 12.4 Å². The molecule has 148 valence electrons. The summed E-state index contributed by atoms with van der Waals surface area (Å²) in [6.07, 6.45) is 7.97. The van der Waals surface area contributed by atoms with Crippen LogP contribution in [-0.4, -0.2) is 28.2 Å². The molecule has 6 nitrogen and oxygen atoms in total. The molecule has 0 aliphatic carbocycles. The number of piperidine rings is 1.